The Bertz CT molecular complexity index is 1280. The molecule has 132 valence electrons. The Morgan fingerprint density at radius 3 is 2.56 bits per heavy atom. The van der Waals surface area contributed by atoms with E-state index in [1.54, 1.807) is 36.5 Å². The van der Waals surface area contributed by atoms with Crippen molar-refractivity contribution in [3.8, 4) is 5.75 Å². The van der Waals surface area contributed by atoms with E-state index >= 15 is 0 Å². The fraction of sp³-hybridized carbons (Fsp3) is 0.0526. The van der Waals surface area contributed by atoms with Crippen molar-refractivity contribution in [3.63, 3.8) is 0 Å². The minimum Gasteiger partial charge on any atom is -0.655 e. The summed E-state index contributed by atoms with van der Waals surface area (Å²) in [4.78, 5) is 35.4. The van der Waals surface area contributed by atoms with Crippen LogP contribution in [0.25, 0.3) is 32.7 Å². The molecule has 0 bridgehead atoms. The maximum atomic E-state index is 12.7. The smallest absolute Gasteiger partial charge is 0.655 e. The van der Waals surface area contributed by atoms with Crippen LogP contribution >= 0.6 is 0 Å². The molecular formula is C19H10N4O3Ru. The summed E-state index contributed by atoms with van der Waals surface area (Å²) in [6.07, 6.45) is 1.63. The fourth-order valence-electron chi connectivity index (χ4n) is 3.47. The Hall–Kier alpha value is -3.30. The average molecular weight is 443 g/mol. The number of fused-ring (bicyclic) bond motifs is 8. The number of amides is 2. The average Bonchev–Trinajstić information content (AvgIpc) is 3.15. The molecule has 27 heavy (non-hydrogen) atoms. The van der Waals surface area contributed by atoms with Crippen molar-refractivity contribution in [1.29, 1.82) is 5.26 Å². The van der Waals surface area contributed by atoms with Gasteiger partial charge < -0.3 is 21.9 Å². The second-order valence-electron chi connectivity index (χ2n) is 5.86. The zero-order valence-corrected chi connectivity index (χ0v) is 15.6. The molecule has 5 rings (SSSR count). The van der Waals surface area contributed by atoms with E-state index in [0.717, 1.165) is 4.90 Å². The summed E-state index contributed by atoms with van der Waals surface area (Å²) < 4.78 is 0. The van der Waals surface area contributed by atoms with Gasteiger partial charge in [0.05, 0.1) is 16.6 Å². The van der Waals surface area contributed by atoms with Gasteiger partial charge in [-0.05, 0) is 29.0 Å². The van der Waals surface area contributed by atoms with Crippen LogP contribution in [0.4, 0.5) is 0 Å². The molecule has 7 nitrogen and oxygen atoms in total. The number of aromatic hydroxyl groups is 1. The summed E-state index contributed by atoms with van der Waals surface area (Å²) >= 11 is 0. The van der Waals surface area contributed by atoms with Crippen LogP contribution in [0.3, 0.4) is 0 Å². The van der Waals surface area contributed by atoms with Gasteiger partial charge in [0.25, 0.3) is 11.8 Å². The predicted octanol–water partition coefficient (Wildman–Crippen LogP) is 2.52. The van der Waals surface area contributed by atoms with Crippen LogP contribution in [0.5, 0.6) is 5.75 Å². The van der Waals surface area contributed by atoms with E-state index in [-0.39, 0.29) is 37.0 Å². The Balaban J connectivity index is 0.000000680. The molecule has 1 N–H and O–H groups in total. The Kier molecular flexibility index (Phi) is 4.42. The van der Waals surface area contributed by atoms with E-state index in [2.05, 4.69) is 9.97 Å². The summed E-state index contributed by atoms with van der Waals surface area (Å²) in [5.74, 6) is -0.621. The monoisotopic (exact) mass is 444 g/mol. The molecule has 0 saturated carbocycles. The number of pyridine rings is 1. The second kappa shape index (κ2) is 6.45. The summed E-state index contributed by atoms with van der Waals surface area (Å²) in [5.41, 5.74) is 2.50. The Morgan fingerprint density at radius 2 is 1.81 bits per heavy atom. The Labute approximate surface area is 166 Å². The molecule has 4 aromatic rings. The van der Waals surface area contributed by atoms with Crippen molar-refractivity contribution >= 4 is 44.5 Å². The van der Waals surface area contributed by atoms with Gasteiger partial charge in [-0.3, -0.25) is 19.5 Å². The third kappa shape index (κ3) is 2.32. The molecule has 2 aromatic carbocycles. The number of aromatic nitrogens is 2. The third-order valence-electron chi connectivity index (χ3n) is 4.56. The molecule has 1 aliphatic heterocycles. The van der Waals surface area contributed by atoms with Crippen LogP contribution in [-0.2, 0) is 19.5 Å². The quantitative estimate of drug-likeness (QED) is 0.254. The van der Waals surface area contributed by atoms with Crippen molar-refractivity contribution in [3.05, 3.63) is 54.2 Å². The van der Waals surface area contributed by atoms with E-state index in [1.807, 2.05) is 0 Å². The van der Waals surface area contributed by atoms with E-state index in [4.69, 9.17) is 11.8 Å². The van der Waals surface area contributed by atoms with Gasteiger partial charge in [0.1, 0.15) is 5.75 Å². The number of phenolic OH excluding ortho intramolecular Hbond substituents is 1. The largest absolute Gasteiger partial charge is 2.00 e. The fourth-order valence-corrected chi connectivity index (χ4v) is 3.47. The first-order valence-electron chi connectivity index (χ1n) is 7.62. The molecule has 0 aliphatic carbocycles. The molecular weight excluding hydrogens is 433 g/mol. The molecule has 0 fully saturated rings. The van der Waals surface area contributed by atoms with E-state index < -0.39 is 0 Å². The van der Waals surface area contributed by atoms with Gasteiger partial charge >= 0.3 is 19.5 Å². The molecule has 1 aliphatic rings. The van der Waals surface area contributed by atoms with E-state index in [9.17, 15) is 14.7 Å². The van der Waals surface area contributed by atoms with Crippen LogP contribution < -0.4 is 4.98 Å². The minimum absolute atomic E-state index is 0. The zero-order valence-electron chi connectivity index (χ0n) is 13.9. The molecule has 8 heteroatoms. The molecule has 0 atom stereocenters. The van der Waals surface area contributed by atoms with Crippen molar-refractivity contribution in [1.82, 2.24) is 14.9 Å². The van der Waals surface area contributed by atoms with Crippen molar-refractivity contribution < 1.29 is 34.2 Å². The third-order valence-corrected chi connectivity index (χ3v) is 4.56. The van der Waals surface area contributed by atoms with Gasteiger partial charge in [0, 0.05) is 18.6 Å². The summed E-state index contributed by atoms with van der Waals surface area (Å²) in [6.45, 7) is 4.75. The molecule has 2 amide bonds. The van der Waals surface area contributed by atoms with Crippen LogP contribution in [0.1, 0.15) is 20.7 Å². The normalized spacial score (nSPS) is 12.8. The number of phenols is 1. The first kappa shape index (κ1) is 18.5. The molecule has 0 unspecified atom stereocenters. The molecule has 0 radical (unpaired) electrons. The van der Waals surface area contributed by atoms with Crippen molar-refractivity contribution in [2.45, 2.75) is 0 Å². The SMILES string of the molecule is CN1C(=O)c2c(c3c4cc(O)ccc4[n-]c3c3ncccc23)C1=O.[C-]#N.[Ru+2]. The molecule has 3 heterocycles. The topological polar surface area (TPSA) is 108 Å². The maximum absolute atomic E-state index is 12.7. The number of hydrogen-bond donors (Lipinski definition) is 1. The van der Waals surface area contributed by atoms with Crippen molar-refractivity contribution in [2.75, 3.05) is 7.05 Å². The summed E-state index contributed by atoms with van der Waals surface area (Å²) in [5, 5.41) is 17.9. The first-order valence-corrected chi connectivity index (χ1v) is 7.62. The van der Waals surface area contributed by atoms with Gasteiger partial charge in [0.15, 0.2) is 0 Å². The molecule has 0 spiro atoms. The minimum atomic E-state index is -0.358. The number of carbonyl (C=O) groups excluding carboxylic acids is 2. The standard InChI is InChI=1S/C18H11N3O3.CN.Ru/c1-21-17(23)13-9-3-2-6-19-15(9)16-12(14(13)18(21)24)10-7-8(22)4-5-11(10)20-16;1-2;/h2-7H,1H3,(H2,19,20,22,23,24);;/q;-1;+2/p-1. The number of benzene rings is 2. The number of imide groups is 1. The number of rotatable bonds is 0. The van der Waals surface area contributed by atoms with Crippen LogP contribution in [-0.4, -0.2) is 33.9 Å². The summed E-state index contributed by atoms with van der Waals surface area (Å²) in [7, 11) is 1.47. The van der Waals surface area contributed by atoms with Crippen LogP contribution in [0.15, 0.2) is 36.5 Å². The molecule has 2 aromatic heterocycles. The predicted molar refractivity (Wildman–Crippen MR) is 93.1 cm³/mol. The van der Waals surface area contributed by atoms with Gasteiger partial charge in [-0.1, -0.05) is 12.1 Å². The number of nitrogens with zero attached hydrogens (tertiary/aromatic N) is 4. The van der Waals surface area contributed by atoms with E-state index in [1.165, 1.54) is 7.05 Å². The van der Waals surface area contributed by atoms with Crippen LogP contribution in [0, 0.1) is 11.8 Å². The second-order valence-corrected chi connectivity index (χ2v) is 5.86. The maximum Gasteiger partial charge on any atom is 2.00 e. The summed E-state index contributed by atoms with van der Waals surface area (Å²) in [6, 6.07) is 8.32. The first-order chi connectivity index (χ1) is 12.6. The Morgan fingerprint density at radius 1 is 1.11 bits per heavy atom. The van der Waals surface area contributed by atoms with Gasteiger partial charge in [-0.25, -0.2) is 0 Å². The van der Waals surface area contributed by atoms with Gasteiger partial charge in [0.2, 0.25) is 0 Å². The molecule has 0 saturated heterocycles. The van der Waals surface area contributed by atoms with Crippen LogP contribution in [0.2, 0.25) is 0 Å². The van der Waals surface area contributed by atoms with Gasteiger partial charge in [-0.2, -0.15) is 0 Å². The number of hydrogen-bond acceptors (Lipinski definition) is 5. The van der Waals surface area contributed by atoms with Crippen molar-refractivity contribution in [2.24, 2.45) is 0 Å². The number of carbonyl (C=O) groups is 2. The zero-order chi connectivity index (χ0) is 18.6. The van der Waals surface area contributed by atoms with E-state index in [0.29, 0.717) is 43.8 Å². The van der Waals surface area contributed by atoms with Gasteiger partial charge in [-0.15, -0.1) is 11.0 Å².